The van der Waals surface area contributed by atoms with E-state index in [2.05, 4.69) is 4.90 Å². The summed E-state index contributed by atoms with van der Waals surface area (Å²) in [6.45, 7) is 1.62. The van der Waals surface area contributed by atoms with Crippen LogP contribution in [0, 0.1) is 0 Å². The Balaban J connectivity index is 2.02. The molecule has 2 saturated heterocycles. The predicted molar refractivity (Wildman–Crippen MR) is 50.8 cm³/mol. The van der Waals surface area contributed by atoms with Gasteiger partial charge in [-0.15, -0.1) is 0 Å². The maximum absolute atomic E-state index is 11.4. The van der Waals surface area contributed by atoms with E-state index < -0.39 is 0 Å². The lowest BCUT2D eigenvalue weighted by molar-refractivity contribution is -0.143. The number of hydrogen-bond acceptors (Lipinski definition) is 4. The van der Waals surface area contributed by atoms with E-state index in [0.717, 1.165) is 32.2 Å². The molecule has 2 aliphatic rings. The van der Waals surface area contributed by atoms with Crippen molar-refractivity contribution in [1.82, 2.24) is 4.90 Å². The Morgan fingerprint density at radius 3 is 2.93 bits per heavy atom. The largest absolute Gasteiger partial charge is 0.464 e. The lowest BCUT2D eigenvalue weighted by Gasteiger charge is -2.36. The van der Waals surface area contributed by atoms with Crippen molar-refractivity contribution in [3.63, 3.8) is 0 Å². The first-order valence-electron chi connectivity index (χ1n) is 5.36. The molecule has 2 rings (SSSR count). The van der Waals surface area contributed by atoms with Gasteiger partial charge in [-0.2, -0.15) is 0 Å². The zero-order valence-corrected chi connectivity index (χ0v) is 8.32. The molecule has 0 saturated carbocycles. The van der Waals surface area contributed by atoms with Gasteiger partial charge in [0.25, 0.3) is 0 Å². The molecule has 0 amide bonds. The zero-order valence-electron chi connectivity index (χ0n) is 8.32. The first-order valence-corrected chi connectivity index (χ1v) is 5.36. The number of aliphatic hydroxyl groups is 1. The van der Waals surface area contributed by atoms with Crippen molar-refractivity contribution in [2.45, 2.75) is 37.8 Å². The van der Waals surface area contributed by atoms with Crippen molar-refractivity contribution in [3.8, 4) is 0 Å². The van der Waals surface area contributed by atoms with Gasteiger partial charge in [0.1, 0.15) is 6.04 Å². The number of piperidine rings is 1. The highest BCUT2D eigenvalue weighted by Crippen LogP contribution is 2.23. The molecule has 14 heavy (non-hydrogen) atoms. The number of rotatable bonds is 2. The highest BCUT2D eigenvalue weighted by molar-refractivity contribution is 5.77. The molecule has 0 aromatic rings. The van der Waals surface area contributed by atoms with E-state index in [1.165, 1.54) is 0 Å². The first kappa shape index (κ1) is 9.93. The predicted octanol–water partition coefficient (Wildman–Crippen LogP) is 0.149. The molecule has 2 heterocycles. The monoisotopic (exact) mass is 199 g/mol. The quantitative estimate of drug-likeness (QED) is 0.643. The number of carbonyl (C=O) groups excluding carboxylic acids is 1. The summed E-state index contributed by atoms with van der Waals surface area (Å²) in [5.74, 6) is -0.106. The van der Waals surface area contributed by atoms with Crippen LogP contribution in [0.5, 0.6) is 0 Å². The summed E-state index contributed by atoms with van der Waals surface area (Å²) in [6.07, 6.45) is 4.07. The maximum Gasteiger partial charge on any atom is 0.323 e. The second-order valence-electron chi connectivity index (χ2n) is 4.04. The van der Waals surface area contributed by atoms with E-state index in [-0.39, 0.29) is 24.7 Å². The van der Waals surface area contributed by atoms with Crippen molar-refractivity contribution in [2.24, 2.45) is 0 Å². The number of aliphatic hydroxyl groups excluding tert-OH is 1. The van der Waals surface area contributed by atoms with Crippen molar-refractivity contribution >= 4 is 5.97 Å². The molecule has 0 aliphatic carbocycles. The Bertz CT molecular complexity index is 219. The molecule has 1 N–H and O–H groups in total. The smallest absolute Gasteiger partial charge is 0.323 e. The Morgan fingerprint density at radius 2 is 2.29 bits per heavy atom. The van der Waals surface area contributed by atoms with E-state index in [1.54, 1.807) is 0 Å². The molecule has 0 aromatic carbocycles. The van der Waals surface area contributed by atoms with Crippen LogP contribution in [0.25, 0.3) is 0 Å². The van der Waals surface area contributed by atoms with E-state index in [4.69, 9.17) is 4.74 Å². The molecular formula is C10H17NO3. The van der Waals surface area contributed by atoms with Crippen LogP contribution in [0.2, 0.25) is 0 Å². The van der Waals surface area contributed by atoms with Crippen molar-refractivity contribution in [1.29, 1.82) is 0 Å². The Kier molecular flexibility index (Phi) is 3.03. The Morgan fingerprint density at radius 1 is 1.43 bits per heavy atom. The number of hydrogen-bond donors (Lipinski definition) is 1. The standard InChI is InChI=1S/C10H17NO3/c12-7-8-3-1-2-5-11(8)9-4-6-14-10(9)13/h8-9,12H,1-7H2. The van der Waals surface area contributed by atoms with Gasteiger partial charge in [0.05, 0.1) is 13.2 Å². The lowest BCUT2D eigenvalue weighted by atomic mass is 10.00. The third kappa shape index (κ3) is 1.77. The van der Waals surface area contributed by atoms with Crippen LogP contribution in [0.4, 0.5) is 0 Å². The second-order valence-corrected chi connectivity index (χ2v) is 4.04. The fraction of sp³-hybridized carbons (Fsp3) is 0.900. The minimum Gasteiger partial charge on any atom is -0.464 e. The highest BCUT2D eigenvalue weighted by Gasteiger charge is 2.36. The van der Waals surface area contributed by atoms with E-state index >= 15 is 0 Å². The first-order chi connectivity index (χ1) is 6.83. The van der Waals surface area contributed by atoms with E-state index in [9.17, 15) is 9.90 Å². The number of likely N-dealkylation sites (tertiary alicyclic amines) is 1. The van der Waals surface area contributed by atoms with Crippen LogP contribution in [0.15, 0.2) is 0 Å². The zero-order chi connectivity index (χ0) is 9.97. The van der Waals surface area contributed by atoms with Crippen molar-refractivity contribution < 1.29 is 14.6 Å². The van der Waals surface area contributed by atoms with Crippen LogP contribution in [-0.2, 0) is 9.53 Å². The van der Waals surface area contributed by atoms with Gasteiger partial charge >= 0.3 is 5.97 Å². The third-order valence-corrected chi connectivity index (χ3v) is 3.19. The summed E-state index contributed by atoms with van der Waals surface area (Å²) >= 11 is 0. The lowest BCUT2D eigenvalue weighted by Crippen LogP contribution is -2.49. The molecule has 4 heteroatoms. The average Bonchev–Trinajstić information content (AvgIpc) is 2.64. The molecule has 0 radical (unpaired) electrons. The molecule has 0 bridgehead atoms. The molecule has 4 nitrogen and oxygen atoms in total. The van der Waals surface area contributed by atoms with Gasteiger partial charge < -0.3 is 9.84 Å². The topological polar surface area (TPSA) is 49.8 Å². The van der Waals surface area contributed by atoms with Crippen LogP contribution in [-0.4, -0.2) is 47.8 Å². The van der Waals surface area contributed by atoms with Gasteiger partial charge in [-0.3, -0.25) is 9.69 Å². The number of esters is 1. The Labute approximate surface area is 83.8 Å². The highest BCUT2D eigenvalue weighted by atomic mass is 16.5. The summed E-state index contributed by atoms with van der Waals surface area (Å²) in [5, 5.41) is 9.21. The van der Waals surface area contributed by atoms with Gasteiger partial charge in [-0.05, 0) is 19.4 Å². The average molecular weight is 199 g/mol. The normalized spacial score (nSPS) is 34.5. The van der Waals surface area contributed by atoms with Gasteiger partial charge in [0, 0.05) is 12.5 Å². The Hall–Kier alpha value is -0.610. The van der Waals surface area contributed by atoms with Crippen LogP contribution in [0.1, 0.15) is 25.7 Å². The van der Waals surface area contributed by atoms with Crippen LogP contribution >= 0.6 is 0 Å². The summed E-state index contributed by atoms with van der Waals surface area (Å²) in [5.41, 5.74) is 0. The summed E-state index contributed by atoms with van der Waals surface area (Å²) in [4.78, 5) is 13.5. The fourth-order valence-electron chi connectivity index (χ4n) is 2.42. The summed E-state index contributed by atoms with van der Waals surface area (Å²) in [7, 11) is 0. The molecule has 2 aliphatic heterocycles. The number of nitrogens with zero attached hydrogens (tertiary/aromatic N) is 1. The van der Waals surface area contributed by atoms with E-state index in [0.29, 0.717) is 6.61 Å². The third-order valence-electron chi connectivity index (χ3n) is 3.19. The van der Waals surface area contributed by atoms with Gasteiger partial charge in [0.15, 0.2) is 0 Å². The van der Waals surface area contributed by atoms with E-state index in [1.807, 2.05) is 0 Å². The minimum absolute atomic E-state index is 0.0903. The molecule has 0 spiro atoms. The number of cyclic esters (lactones) is 1. The fourth-order valence-corrected chi connectivity index (χ4v) is 2.42. The summed E-state index contributed by atoms with van der Waals surface area (Å²) in [6, 6.07) is 0.0758. The van der Waals surface area contributed by atoms with Crippen molar-refractivity contribution in [2.75, 3.05) is 19.8 Å². The molecule has 80 valence electrons. The van der Waals surface area contributed by atoms with Gasteiger partial charge in [0.2, 0.25) is 0 Å². The minimum atomic E-state index is -0.106. The second kappa shape index (κ2) is 4.28. The van der Waals surface area contributed by atoms with Crippen LogP contribution in [0.3, 0.4) is 0 Å². The molecule has 2 fully saturated rings. The summed E-state index contributed by atoms with van der Waals surface area (Å²) < 4.78 is 4.95. The molecule has 2 atom stereocenters. The maximum atomic E-state index is 11.4. The molecule has 0 aromatic heterocycles. The number of carbonyl (C=O) groups is 1. The van der Waals surface area contributed by atoms with Crippen molar-refractivity contribution in [3.05, 3.63) is 0 Å². The number of ether oxygens (including phenoxy) is 1. The molecule has 2 unspecified atom stereocenters. The van der Waals surface area contributed by atoms with Gasteiger partial charge in [-0.25, -0.2) is 0 Å². The van der Waals surface area contributed by atoms with Crippen LogP contribution < -0.4 is 0 Å². The van der Waals surface area contributed by atoms with Gasteiger partial charge in [-0.1, -0.05) is 6.42 Å². The SMILES string of the molecule is O=C1OCCC1N1CCCCC1CO. The molecular weight excluding hydrogens is 182 g/mol.